The van der Waals surface area contributed by atoms with E-state index in [1.807, 2.05) is 38.1 Å². The number of anilines is 3. The first-order valence-corrected chi connectivity index (χ1v) is 6.83. The number of nitrogens with zero attached hydrogens (tertiary/aromatic N) is 1. The summed E-state index contributed by atoms with van der Waals surface area (Å²) in [5.41, 5.74) is 3.97. The maximum atomic E-state index is 11.3. The van der Waals surface area contributed by atoms with Gasteiger partial charge in [-0.05, 0) is 44.0 Å². The molecule has 1 aromatic carbocycles. The second kappa shape index (κ2) is 6.74. The number of aromatic nitrogens is 1. The van der Waals surface area contributed by atoms with Crippen LogP contribution >= 0.6 is 0 Å². The summed E-state index contributed by atoms with van der Waals surface area (Å²) < 4.78 is 4.81. The Balaban J connectivity index is 2.07. The Morgan fingerprint density at radius 1 is 1.19 bits per heavy atom. The highest BCUT2D eigenvalue weighted by Gasteiger charge is 2.05. The van der Waals surface area contributed by atoms with Crippen LogP contribution in [0.5, 0.6) is 0 Å². The van der Waals surface area contributed by atoms with Crippen LogP contribution in [-0.2, 0) is 4.74 Å². The molecule has 0 unspecified atom stereocenters. The van der Waals surface area contributed by atoms with Crippen molar-refractivity contribution < 1.29 is 9.53 Å². The number of amides is 1. The van der Waals surface area contributed by atoms with E-state index in [0.29, 0.717) is 12.3 Å². The van der Waals surface area contributed by atoms with E-state index in [4.69, 9.17) is 4.74 Å². The minimum atomic E-state index is -0.477. The number of carbonyl (C=O) groups excluding carboxylic acids is 1. The predicted molar refractivity (Wildman–Crippen MR) is 84.1 cm³/mol. The maximum absolute atomic E-state index is 11.3. The third-order valence-corrected chi connectivity index (χ3v) is 3.02. The molecular formula is C16H19N3O2. The van der Waals surface area contributed by atoms with E-state index in [-0.39, 0.29) is 0 Å². The summed E-state index contributed by atoms with van der Waals surface area (Å²) in [6.07, 6.45) is 1.11. The van der Waals surface area contributed by atoms with Crippen molar-refractivity contribution in [2.45, 2.75) is 20.8 Å². The molecule has 110 valence electrons. The van der Waals surface area contributed by atoms with Crippen molar-refractivity contribution in [3.05, 3.63) is 47.7 Å². The van der Waals surface area contributed by atoms with Crippen LogP contribution < -0.4 is 10.6 Å². The minimum Gasteiger partial charge on any atom is -0.450 e. The van der Waals surface area contributed by atoms with Gasteiger partial charge in [0.2, 0.25) is 0 Å². The number of rotatable bonds is 4. The second-order valence-electron chi connectivity index (χ2n) is 4.67. The Morgan fingerprint density at radius 2 is 1.90 bits per heavy atom. The van der Waals surface area contributed by atoms with Crippen molar-refractivity contribution in [3.8, 4) is 0 Å². The number of hydrogen-bond acceptors (Lipinski definition) is 4. The van der Waals surface area contributed by atoms with Gasteiger partial charge >= 0.3 is 6.09 Å². The van der Waals surface area contributed by atoms with E-state index in [2.05, 4.69) is 15.6 Å². The lowest BCUT2D eigenvalue weighted by Gasteiger charge is -2.12. The lowest BCUT2D eigenvalue weighted by atomic mass is 10.1. The topological polar surface area (TPSA) is 63.2 Å². The van der Waals surface area contributed by atoms with E-state index in [9.17, 15) is 4.79 Å². The molecule has 0 spiro atoms. The van der Waals surface area contributed by atoms with E-state index in [1.54, 1.807) is 19.2 Å². The van der Waals surface area contributed by atoms with Crippen molar-refractivity contribution in [3.63, 3.8) is 0 Å². The predicted octanol–water partition coefficient (Wildman–Crippen LogP) is 4.01. The average molecular weight is 285 g/mol. The average Bonchev–Trinajstić information content (AvgIpc) is 2.45. The molecule has 21 heavy (non-hydrogen) atoms. The van der Waals surface area contributed by atoms with Gasteiger partial charge in [-0.3, -0.25) is 5.32 Å². The molecular weight excluding hydrogens is 266 g/mol. The van der Waals surface area contributed by atoms with Gasteiger partial charge in [0, 0.05) is 5.69 Å². The highest BCUT2D eigenvalue weighted by Crippen LogP contribution is 2.23. The summed E-state index contributed by atoms with van der Waals surface area (Å²) in [5, 5.41) is 5.90. The molecule has 2 N–H and O–H groups in total. The zero-order chi connectivity index (χ0) is 15.2. The lowest BCUT2D eigenvalue weighted by Crippen LogP contribution is -2.13. The number of para-hydroxylation sites is 1. The molecule has 0 fully saturated rings. The van der Waals surface area contributed by atoms with Crippen molar-refractivity contribution in [2.24, 2.45) is 0 Å². The van der Waals surface area contributed by atoms with Crippen LogP contribution in [0, 0.1) is 13.8 Å². The van der Waals surface area contributed by atoms with Crippen LogP contribution in [0.4, 0.5) is 22.0 Å². The molecule has 1 heterocycles. The van der Waals surface area contributed by atoms with Crippen LogP contribution in [-0.4, -0.2) is 17.7 Å². The number of nitrogens with one attached hydrogen (secondary N) is 2. The fourth-order valence-electron chi connectivity index (χ4n) is 1.97. The van der Waals surface area contributed by atoms with Gasteiger partial charge in [-0.1, -0.05) is 18.2 Å². The van der Waals surface area contributed by atoms with Gasteiger partial charge in [0.25, 0.3) is 0 Å². The zero-order valence-corrected chi connectivity index (χ0v) is 12.4. The zero-order valence-electron chi connectivity index (χ0n) is 12.4. The smallest absolute Gasteiger partial charge is 0.411 e. The number of ether oxygens (including phenoxy) is 1. The number of carbonyl (C=O) groups is 1. The molecule has 0 aliphatic heterocycles. The number of aryl methyl sites for hydroxylation is 2. The first-order chi connectivity index (χ1) is 10.1. The lowest BCUT2D eigenvalue weighted by molar-refractivity contribution is 0.168. The molecule has 0 radical (unpaired) electrons. The number of pyridine rings is 1. The van der Waals surface area contributed by atoms with Crippen molar-refractivity contribution in [1.29, 1.82) is 0 Å². The van der Waals surface area contributed by atoms with Gasteiger partial charge < -0.3 is 10.1 Å². The Bertz CT molecular complexity index is 604. The largest absolute Gasteiger partial charge is 0.450 e. The third-order valence-electron chi connectivity index (χ3n) is 3.02. The van der Waals surface area contributed by atoms with E-state index in [0.717, 1.165) is 22.6 Å². The summed E-state index contributed by atoms with van der Waals surface area (Å²) in [6, 6.07) is 9.71. The Hall–Kier alpha value is -2.56. The molecule has 0 saturated carbocycles. The van der Waals surface area contributed by atoms with E-state index in [1.165, 1.54) is 0 Å². The molecule has 5 nitrogen and oxygen atoms in total. The van der Waals surface area contributed by atoms with Gasteiger partial charge in [0.15, 0.2) is 0 Å². The van der Waals surface area contributed by atoms with Crippen molar-refractivity contribution in [1.82, 2.24) is 4.98 Å². The first-order valence-electron chi connectivity index (χ1n) is 6.83. The Morgan fingerprint density at radius 3 is 2.48 bits per heavy atom. The summed E-state index contributed by atoms with van der Waals surface area (Å²) in [4.78, 5) is 15.6. The molecule has 0 atom stereocenters. The maximum Gasteiger partial charge on any atom is 0.411 e. The number of benzene rings is 1. The summed E-state index contributed by atoms with van der Waals surface area (Å²) in [6.45, 7) is 6.19. The second-order valence-corrected chi connectivity index (χ2v) is 4.67. The van der Waals surface area contributed by atoms with E-state index >= 15 is 0 Å². The molecule has 2 aromatic rings. The molecule has 0 aliphatic carbocycles. The van der Waals surface area contributed by atoms with Crippen LogP contribution in [0.1, 0.15) is 18.1 Å². The summed E-state index contributed by atoms with van der Waals surface area (Å²) >= 11 is 0. The van der Waals surface area contributed by atoms with Gasteiger partial charge in [-0.25, -0.2) is 9.78 Å². The van der Waals surface area contributed by atoms with Crippen LogP contribution in [0.3, 0.4) is 0 Å². The molecule has 2 rings (SSSR count). The fourth-order valence-corrected chi connectivity index (χ4v) is 1.97. The van der Waals surface area contributed by atoms with Gasteiger partial charge in [0.05, 0.1) is 18.5 Å². The van der Waals surface area contributed by atoms with Crippen molar-refractivity contribution in [2.75, 3.05) is 17.2 Å². The van der Waals surface area contributed by atoms with Gasteiger partial charge in [-0.2, -0.15) is 0 Å². The third kappa shape index (κ3) is 3.95. The van der Waals surface area contributed by atoms with E-state index < -0.39 is 6.09 Å². The quantitative estimate of drug-likeness (QED) is 0.891. The number of hydrogen-bond donors (Lipinski definition) is 2. The SMILES string of the molecule is CCOC(=O)Nc1ccc(Nc2c(C)cccc2C)nc1. The highest BCUT2D eigenvalue weighted by molar-refractivity contribution is 5.84. The minimum absolute atomic E-state index is 0.339. The molecule has 0 aliphatic rings. The van der Waals surface area contributed by atoms with Crippen LogP contribution in [0.15, 0.2) is 36.5 Å². The monoisotopic (exact) mass is 285 g/mol. The molecule has 1 aromatic heterocycles. The standard InChI is InChI=1S/C16H19N3O2/c1-4-21-16(20)18-13-8-9-14(17-10-13)19-15-11(2)6-5-7-12(15)3/h5-10H,4H2,1-3H3,(H,17,19)(H,18,20). The van der Waals surface area contributed by atoms with Crippen molar-refractivity contribution >= 4 is 23.3 Å². The fraction of sp³-hybridized carbons (Fsp3) is 0.250. The molecule has 5 heteroatoms. The normalized spacial score (nSPS) is 10.0. The van der Waals surface area contributed by atoms with Gasteiger partial charge in [0.1, 0.15) is 5.82 Å². The van der Waals surface area contributed by atoms with Crippen LogP contribution in [0.25, 0.3) is 0 Å². The Kier molecular flexibility index (Phi) is 4.77. The Labute approximate surface area is 124 Å². The van der Waals surface area contributed by atoms with Crippen LogP contribution in [0.2, 0.25) is 0 Å². The molecule has 1 amide bonds. The first kappa shape index (κ1) is 14.8. The molecule has 0 saturated heterocycles. The molecule has 0 bridgehead atoms. The van der Waals surface area contributed by atoms with Gasteiger partial charge in [-0.15, -0.1) is 0 Å². The summed E-state index contributed by atoms with van der Waals surface area (Å²) in [7, 11) is 0. The summed E-state index contributed by atoms with van der Waals surface area (Å²) in [5.74, 6) is 0.724. The highest BCUT2D eigenvalue weighted by atomic mass is 16.5.